The Hall–Kier alpha value is -9.16. The predicted molar refractivity (Wildman–Crippen MR) is 477 cm³/mol. The van der Waals surface area contributed by atoms with Gasteiger partial charge in [0.25, 0.3) is 0 Å². The molecule has 12 rings (SSSR count). The molecule has 8 aromatic heterocycles. The Morgan fingerprint density at radius 2 is 0.491 bits per heavy atom. The summed E-state index contributed by atoms with van der Waals surface area (Å²) in [5.74, 6) is 29.0. The van der Waals surface area contributed by atoms with Crippen LogP contribution in [-0.2, 0) is 64.2 Å². The van der Waals surface area contributed by atoms with Crippen LogP contribution in [0.5, 0.6) is 0 Å². The first kappa shape index (κ1) is 80.4. The van der Waals surface area contributed by atoms with Gasteiger partial charge in [0.2, 0.25) is 0 Å². The van der Waals surface area contributed by atoms with Gasteiger partial charge in [0, 0.05) is 53.9 Å². The van der Waals surface area contributed by atoms with Crippen molar-refractivity contribution in [2.24, 2.45) is 0 Å². The first-order chi connectivity index (χ1) is 53.7. The van der Waals surface area contributed by atoms with Gasteiger partial charge in [0.1, 0.15) is 0 Å². The fourth-order valence-electron chi connectivity index (χ4n) is 18.1. The minimum absolute atomic E-state index is 0.819. The van der Waals surface area contributed by atoms with Crippen molar-refractivity contribution >= 4 is 111 Å². The maximum absolute atomic E-state index is 5.70. The van der Waals surface area contributed by atoms with E-state index in [0.717, 1.165) is 217 Å². The van der Waals surface area contributed by atoms with Gasteiger partial charge in [0.05, 0.1) is 66.4 Å². The molecule has 0 saturated carbocycles. The van der Waals surface area contributed by atoms with Gasteiger partial charge in [-0.05, 0) is 325 Å². The quantitative estimate of drug-likeness (QED) is 0.0303. The zero-order chi connectivity index (χ0) is 77.9. The second-order valence-corrected chi connectivity index (χ2v) is 31.8. The van der Waals surface area contributed by atoms with Crippen LogP contribution in [-0.4, -0.2) is 39.9 Å². The maximum Gasteiger partial charge on any atom is 0.0851 e. The molecule has 12 heterocycles. The first-order valence-corrected chi connectivity index (χ1v) is 44.2. The molecule has 0 radical (unpaired) electrons. The highest BCUT2D eigenvalue weighted by atomic mass is 32.1. The zero-order valence-electron chi connectivity index (χ0n) is 69.6. The summed E-state index contributed by atoms with van der Waals surface area (Å²) in [7, 11) is 0. The molecule has 0 fully saturated rings. The number of aromatic nitrogens is 8. The average Bonchev–Trinajstić information content (AvgIpc) is 1.60. The van der Waals surface area contributed by atoms with E-state index < -0.39 is 0 Å². The molecule has 0 unspecified atom stereocenters. The van der Waals surface area contributed by atoms with E-state index in [2.05, 4.69) is 240 Å². The molecule has 110 heavy (non-hydrogen) atoms. The fourth-order valence-corrected chi connectivity index (χ4v) is 20.3. The van der Waals surface area contributed by atoms with Crippen molar-refractivity contribution in [3.63, 3.8) is 0 Å². The van der Waals surface area contributed by atoms with Gasteiger partial charge in [-0.25, -0.2) is 19.9 Å². The van der Waals surface area contributed by atoms with Gasteiger partial charge >= 0.3 is 0 Å². The van der Waals surface area contributed by atoms with E-state index in [1.807, 2.05) is 0 Å². The van der Waals surface area contributed by atoms with Crippen molar-refractivity contribution in [3.8, 4) is 57.1 Å². The lowest BCUT2D eigenvalue weighted by Gasteiger charge is -2.08. The molecule has 0 saturated heterocycles. The van der Waals surface area contributed by atoms with E-state index >= 15 is 0 Å². The summed E-state index contributed by atoms with van der Waals surface area (Å²) in [4.78, 5) is 43.2. The summed E-state index contributed by atoms with van der Waals surface area (Å²) in [6, 6.07) is 18.9. The smallest absolute Gasteiger partial charge is 0.0851 e. The van der Waals surface area contributed by atoms with Gasteiger partial charge in [-0.2, -0.15) is 0 Å². The second kappa shape index (κ2) is 36.8. The summed E-state index contributed by atoms with van der Waals surface area (Å²) in [6.45, 7) is 41.0. The molecule has 0 amide bonds. The van der Waals surface area contributed by atoms with E-state index in [9.17, 15) is 0 Å². The fraction of sp³-hybridized carbons (Fsp3) is 0.440. The van der Waals surface area contributed by atoms with Gasteiger partial charge in [-0.15, -0.1) is 22.7 Å². The van der Waals surface area contributed by atoms with Gasteiger partial charge in [-0.1, -0.05) is 163 Å². The lowest BCUT2D eigenvalue weighted by molar-refractivity contribution is 0.667. The lowest BCUT2D eigenvalue weighted by Crippen LogP contribution is -1.95. The Labute approximate surface area is 666 Å². The van der Waals surface area contributed by atoms with Gasteiger partial charge in [0.15, 0.2) is 0 Å². The maximum atomic E-state index is 5.70. The SMILES string of the molecule is CCCCCCc1cc(-c2cc(CCCCCC)c(C#CC#Cc3c4nc(cc5[nH]c(cc6[nH]c(cc7nc3C(CC)=C7CC)c(CC)c6CC)c(CC)c5CC)C(CC)=C4CC)s2)sc1C#CC#Cc1c2nc(cc3[nH]c(cc4[nH]c(cc5nc1C(CC)=C5CC)c(CC)c4CC)c(CC)c3CC)C(CC)=C2CC. The van der Waals surface area contributed by atoms with Crippen LogP contribution >= 0.6 is 22.7 Å². The number of thiophene rings is 2. The summed E-state index contributed by atoms with van der Waals surface area (Å²) >= 11 is 3.61. The highest BCUT2D eigenvalue weighted by molar-refractivity contribution is 7.22. The molecule has 0 aromatic carbocycles. The number of aromatic amines is 4. The third kappa shape index (κ3) is 15.8. The summed E-state index contributed by atoms with van der Waals surface area (Å²) in [6.07, 6.45) is 25.4. The Kier molecular flexibility index (Phi) is 26.9. The molecular weight excluding hydrogens is 1380 g/mol. The second-order valence-electron chi connectivity index (χ2n) is 29.7. The third-order valence-electron chi connectivity index (χ3n) is 23.5. The number of H-pyrrole nitrogens is 4. The Morgan fingerprint density at radius 3 is 0.718 bits per heavy atom. The predicted octanol–water partition coefficient (Wildman–Crippen LogP) is 27.2. The van der Waals surface area contributed by atoms with E-state index in [-0.39, 0.29) is 0 Å². The van der Waals surface area contributed by atoms with Crippen LogP contribution in [0.4, 0.5) is 0 Å². The van der Waals surface area contributed by atoms with Crippen molar-refractivity contribution in [2.75, 3.05) is 0 Å². The average molecular weight is 1500 g/mol. The van der Waals surface area contributed by atoms with Crippen LogP contribution < -0.4 is 0 Å². The molecule has 570 valence electrons. The molecule has 8 nitrogen and oxygen atoms in total. The number of nitrogens with zero attached hydrogens (tertiary/aromatic N) is 4. The van der Waals surface area contributed by atoms with Crippen LogP contribution in [0.2, 0.25) is 0 Å². The van der Waals surface area contributed by atoms with Crippen LogP contribution in [0.25, 0.3) is 98.5 Å². The molecule has 10 heteroatoms. The number of fused-ring (bicyclic) bond motifs is 16. The Morgan fingerprint density at radius 1 is 0.255 bits per heavy atom. The standard InChI is InChI=1S/C100H118N8S2/c1-19-37-39-41-47-61-53-95(109-93(61)51-45-43-49-79-97-75(33-15)71(29-11)89(105-97)57-85-67(25-7)63(21-3)81(101-85)55-82-64(22-4)68(26-8)86(102-82)58-90-72(30-12)76(34-16)98(79)106-90)96-54-62(48-42-40-38-20-2)94(110-96)52-46-44-50-80-99-77(35-17)73(31-13)91(107-99)59-87-69(27-9)65(23-5)83(103-87)56-84-66(24-6)70(28-10)88(104-84)60-92-74(32-14)78(36-18)100(80)108-92/h53-60,101-104H,19-42,47-48H2,1-18H3. The van der Waals surface area contributed by atoms with Crippen molar-refractivity contribution in [3.05, 3.63) is 171 Å². The van der Waals surface area contributed by atoms with Gasteiger partial charge in [-0.3, -0.25) is 0 Å². The van der Waals surface area contributed by atoms with Crippen molar-refractivity contribution in [1.82, 2.24) is 39.9 Å². The van der Waals surface area contributed by atoms with E-state index in [1.54, 1.807) is 22.7 Å². The topological polar surface area (TPSA) is 115 Å². The molecule has 0 aliphatic carbocycles. The highest BCUT2D eigenvalue weighted by Gasteiger charge is 2.30. The molecular formula is C100H118N8S2. The largest absolute Gasteiger partial charge is 0.355 e. The van der Waals surface area contributed by atoms with E-state index in [0.29, 0.717) is 0 Å². The normalized spacial score (nSPS) is 12.8. The number of hydrogen-bond acceptors (Lipinski definition) is 6. The van der Waals surface area contributed by atoms with E-state index in [4.69, 9.17) is 19.9 Å². The number of unbranched alkanes of at least 4 members (excludes halogenated alkanes) is 6. The van der Waals surface area contributed by atoms with Crippen molar-refractivity contribution in [2.45, 2.75) is 292 Å². The van der Waals surface area contributed by atoms with Crippen LogP contribution in [0.1, 0.15) is 349 Å². The molecule has 4 N–H and O–H groups in total. The number of nitrogens with one attached hydrogen (secondary N) is 4. The molecule has 4 aliphatic rings. The van der Waals surface area contributed by atoms with Crippen LogP contribution in [0, 0.1) is 47.4 Å². The molecule has 8 aromatic rings. The zero-order valence-corrected chi connectivity index (χ0v) is 71.2. The Bertz CT molecular complexity index is 5040. The Balaban J connectivity index is 1.02. The summed E-state index contributed by atoms with van der Waals surface area (Å²) in [5.41, 5.74) is 42.2. The number of hydrogen-bond donors (Lipinski definition) is 4. The molecule has 4 aliphatic heterocycles. The first-order valence-electron chi connectivity index (χ1n) is 42.6. The van der Waals surface area contributed by atoms with Crippen LogP contribution in [0.3, 0.4) is 0 Å². The third-order valence-corrected chi connectivity index (χ3v) is 25.9. The van der Waals surface area contributed by atoms with Crippen LogP contribution in [0.15, 0.2) is 48.5 Å². The minimum atomic E-state index is 0.819. The molecule has 0 spiro atoms. The molecule has 16 bridgehead atoms. The van der Waals surface area contributed by atoms with Crippen molar-refractivity contribution < 1.29 is 0 Å². The van der Waals surface area contributed by atoms with E-state index in [1.165, 1.54) is 171 Å². The highest BCUT2D eigenvalue weighted by Crippen LogP contribution is 2.46. The molecule has 0 atom stereocenters. The lowest BCUT2D eigenvalue weighted by atomic mass is 9.94. The monoisotopic (exact) mass is 1490 g/mol. The van der Waals surface area contributed by atoms with Crippen molar-refractivity contribution in [1.29, 1.82) is 0 Å². The number of allylic oxidation sites excluding steroid dienone is 8. The number of aryl methyl sites for hydroxylation is 10. The number of rotatable bonds is 27. The summed E-state index contributed by atoms with van der Waals surface area (Å²) in [5, 5.41) is 0. The van der Waals surface area contributed by atoms with Gasteiger partial charge < -0.3 is 19.9 Å². The minimum Gasteiger partial charge on any atom is -0.355 e. The summed E-state index contributed by atoms with van der Waals surface area (Å²) < 4.78 is 0.